The summed E-state index contributed by atoms with van der Waals surface area (Å²) in [5.41, 5.74) is 0.936. The molecule has 0 saturated carbocycles. The molecule has 0 saturated heterocycles. The molecule has 0 aliphatic carbocycles. The fourth-order valence-corrected chi connectivity index (χ4v) is 2.74. The van der Waals surface area contributed by atoms with Gasteiger partial charge in [0.15, 0.2) is 0 Å². The number of alkyl halides is 3. The first kappa shape index (κ1) is 19.4. The maximum Gasteiger partial charge on any atom is 0.389 e. The highest BCUT2D eigenvalue weighted by Crippen LogP contribution is 2.20. The Kier molecular flexibility index (Phi) is 7.01. The molecule has 23 heavy (non-hydrogen) atoms. The molecule has 0 aliphatic heterocycles. The van der Waals surface area contributed by atoms with Crippen LogP contribution in [0.25, 0.3) is 0 Å². The number of amides is 1. The molecular formula is C14H19F3N2O3S. The Hall–Kier alpha value is -1.61. The summed E-state index contributed by atoms with van der Waals surface area (Å²) in [5, 5.41) is 2.31. The van der Waals surface area contributed by atoms with Crippen molar-refractivity contribution in [3.05, 3.63) is 29.8 Å². The van der Waals surface area contributed by atoms with E-state index >= 15 is 0 Å². The normalized spacial score (nSPS) is 12.2. The fraction of sp³-hybridized carbons (Fsp3) is 0.500. The van der Waals surface area contributed by atoms with Crippen molar-refractivity contribution < 1.29 is 26.4 Å². The highest BCUT2D eigenvalue weighted by atomic mass is 32.2. The van der Waals surface area contributed by atoms with Gasteiger partial charge in [-0.15, -0.1) is 0 Å². The molecule has 1 rings (SSSR count). The standard InChI is InChI=1S/C14H19F3N2O3S/c1-11-3-5-12(6-4-11)23(21,22)19-10-2-9-18-13(20)7-8-14(15,16)17/h3-6,19H,2,7-10H2,1H3,(H,18,20). The van der Waals surface area contributed by atoms with E-state index in [1.54, 1.807) is 12.1 Å². The van der Waals surface area contributed by atoms with Crippen molar-refractivity contribution in [3.8, 4) is 0 Å². The van der Waals surface area contributed by atoms with Crippen LogP contribution in [0.5, 0.6) is 0 Å². The van der Waals surface area contributed by atoms with Crippen LogP contribution in [0.4, 0.5) is 13.2 Å². The van der Waals surface area contributed by atoms with Crippen LogP contribution in [-0.4, -0.2) is 33.6 Å². The number of hydrogen-bond donors (Lipinski definition) is 2. The summed E-state index contributed by atoms with van der Waals surface area (Å²) in [5.74, 6) is -0.705. The second-order valence-electron chi connectivity index (χ2n) is 5.03. The number of rotatable bonds is 8. The number of carbonyl (C=O) groups excluding carboxylic acids is 1. The molecule has 2 N–H and O–H groups in total. The summed E-state index contributed by atoms with van der Waals surface area (Å²) >= 11 is 0. The second-order valence-corrected chi connectivity index (χ2v) is 6.80. The summed E-state index contributed by atoms with van der Waals surface area (Å²) in [4.78, 5) is 11.3. The average molecular weight is 352 g/mol. The van der Waals surface area contributed by atoms with Gasteiger partial charge in [-0.2, -0.15) is 13.2 Å². The van der Waals surface area contributed by atoms with Crippen molar-refractivity contribution in [2.45, 2.75) is 37.3 Å². The number of carbonyl (C=O) groups is 1. The molecule has 0 unspecified atom stereocenters. The largest absolute Gasteiger partial charge is 0.389 e. The predicted octanol–water partition coefficient (Wildman–Crippen LogP) is 2.12. The van der Waals surface area contributed by atoms with Gasteiger partial charge >= 0.3 is 6.18 Å². The Balaban J connectivity index is 2.26. The quantitative estimate of drug-likeness (QED) is 0.704. The van der Waals surface area contributed by atoms with E-state index in [0.29, 0.717) is 0 Å². The van der Waals surface area contributed by atoms with Gasteiger partial charge in [0, 0.05) is 19.5 Å². The zero-order chi connectivity index (χ0) is 17.5. The smallest absolute Gasteiger partial charge is 0.356 e. The van der Waals surface area contributed by atoms with E-state index in [1.807, 2.05) is 6.92 Å². The number of benzene rings is 1. The van der Waals surface area contributed by atoms with E-state index in [9.17, 15) is 26.4 Å². The second kappa shape index (κ2) is 8.30. The molecule has 0 heterocycles. The van der Waals surface area contributed by atoms with Crippen molar-refractivity contribution >= 4 is 15.9 Å². The number of sulfonamides is 1. The number of nitrogens with one attached hydrogen (secondary N) is 2. The molecule has 130 valence electrons. The molecule has 1 amide bonds. The molecule has 0 aromatic heterocycles. The predicted molar refractivity (Wildman–Crippen MR) is 79.3 cm³/mol. The zero-order valence-corrected chi connectivity index (χ0v) is 13.4. The Morgan fingerprint density at radius 3 is 2.30 bits per heavy atom. The minimum atomic E-state index is -4.36. The summed E-state index contributed by atoms with van der Waals surface area (Å²) in [7, 11) is -3.62. The van der Waals surface area contributed by atoms with Gasteiger partial charge in [-0.05, 0) is 25.5 Å². The number of aryl methyl sites for hydroxylation is 1. The number of hydrogen-bond acceptors (Lipinski definition) is 3. The summed E-state index contributed by atoms with van der Waals surface area (Å²) in [6.07, 6.45) is -5.87. The molecule has 0 aliphatic rings. The van der Waals surface area contributed by atoms with Gasteiger partial charge < -0.3 is 5.32 Å². The summed E-state index contributed by atoms with van der Waals surface area (Å²) in [6, 6.07) is 6.32. The molecule has 0 atom stereocenters. The van der Waals surface area contributed by atoms with Gasteiger partial charge in [0.1, 0.15) is 0 Å². The Labute approximate surface area is 133 Å². The molecule has 0 fully saturated rings. The molecular weight excluding hydrogens is 333 g/mol. The molecule has 0 bridgehead atoms. The van der Waals surface area contributed by atoms with Crippen LogP contribution in [0.3, 0.4) is 0 Å². The van der Waals surface area contributed by atoms with Crippen LogP contribution in [0.1, 0.15) is 24.8 Å². The van der Waals surface area contributed by atoms with Gasteiger partial charge in [-0.1, -0.05) is 17.7 Å². The van der Waals surface area contributed by atoms with E-state index in [0.717, 1.165) is 5.56 Å². The van der Waals surface area contributed by atoms with Crippen molar-refractivity contribution in [1.29, 1.82) is 0 Å². The van der Waals surface area contributed by atoms with Crippen LogP contribution in [-0.2, 0) is 14.8 Å². The van der Waals surface area contributed by atoms with Gasteiger partial charge in [-0.3, -0.25) is 4.79 Å². The first-order valence-electron chi connectivity index (χ1n) is 7.00. The van der Waals surface area contributed by atoms with E-state index in [2.05, 4.69) is 10.0 Å². The van der Waals surface area contributed by atoms with Crippen molar-refractivity contribution in [1.82, 2.24) is 10.0 Å². The van der Waals surface area contributed by atoms with Crippen molar-refractivity contribution in [2.75, 3.05) is 13.1 Å². The molecule has 5 nitrogen and oxygen atoms in total. The lowest BCUT2D eigenvalue weighted by Crippen LogP contribution is -2.30. The van der Waals surface area contributed by atoms with Gasteiger partial charge in [0.05, 0.1) is 11.3 Å². The van der Waals surface area contributed by atoms with Gasteiger partial charge in [0.25, 0.3) is 0 Å². The van der Waals surface area contributed by atoms with Crippen molar-refractivity contribution in [3.63, 3.8) is 0 Å². The van der Waals surface area contributed by atoms with Crippen LogP contribution >= 0.6 is 0 Å². The minimum absolute atomic E-state index is 0.0791. The lowest BCUT2D eigenvalue weighted by molar-refractivity contribution is -0.144. The lowest BCUT2D eigenvalue weighted by atomic mass is 10.2. The van der Waals surface area contributed by atoms with E-state index in [1.165, 1.54) is 12.1 Å². The topological polar surface area (TPSA) is 75.3 Å². The first-order chi connectivity index (χ1) is 10.6. The monoisotopic (exact) mass is 352 g/mol. The van der Waals surface area contributed by atoms with E-state index < -0.39 is 34.9 Å². The van der Waals surface area contributed by atoms with Crippen LogP contribution in [0, 0.1) is 6.92 Å². The minimum Gasteiger partial charge on any atom is -0.356 e. The van der Waals surface area contributed by atoms with E-state index in [4.69, 9.17) is 0 Å². The third kappa shape index (κ3) is 7.98. The maximum atomic E-state index is 11.9. The number of halogens is 3. The van der Waals surface area contributed by atoms with Crippen molar-refractivity contribution in [2.24, 2.45) is 0 Å². The SMILES string of the molecule is Cc1ccc(S(=O)(=O)NCCCNC(=O)CCC(F)(F)F)cc1. The molecule has 0 radical (unpaired) electrons. The highest BCUT2D eigenvalue weighted by Gasteiger charge is 2.27. The van der Waals surface area contributed by atoms with E-state index in [-0.39, 0.29) is 24.4 Å². The Bertz CT molecular complexity index is 613. The molecule has 1 aromatic carbocycles. The van der Waals surface area contributed by atoms with Crippen LogP contribution in [0.2, 0.25) is 0 Å². The third-order valence-corrected chi connectivity index (χ3v) is 4.41. The summed E-state index contributed by atoms with van der Waals surface area (Å²) < 4.78 is 62.0. The highest BCUT2D eigenvalue weighted by molar-refractivity contribution is 7.89. The fourth-order valence-electron chi connectivity index (χ4n) is 1.67. The Morgan fingerprint density at radius 1 is 1.13 bits per heavy atom. The molecule has 9 heteroatoms. The van der Waals surface area contributed by atoms with Crippen LogP contribution in [0.15, 0.2) is 29.2 Å². The van der Waals surface area contributed by atoms with Gasteiger partial charge in [0.2, 0.25) is 15.9 Å². The first-order valence-corrected chi connectivity index (χ1v) is 8.48. The third-order valence-electron chi connectivity index (χ3n) is 2.93. The zero-order valence-electron chi connectivity index (χ0n) is 12.6. The molecule has 1 aromatic rings. The average Bonchev–Trinajstić information content (AvgIpc) is 2.44. The van der Waals surface area contributed by atoms with Gasteiger partial charge in [-0.25, -0.2) is 13.1 Å². The summed E-state index contributed by atoms with van der Waals surface area (Å²) in [6.45, 7) is 2.02. The molecule has 0 spiro atoms. The lowest BCUT2D eigenvalue weighted by Gasteiger charge is -2.09. The maximum absolute atomic E-state index is 11.9. The Morgan fingerprint density at radius 2 is 1.74 bits per heavy atom. The van der Waals surface area contributed by atoms with Crippen LogP contribution < -0.4 is 10.0 Å².